The van der Waals surface area contributed by atoms with Crippen molar-refractivity contribution < 1.29 is 4.79 Å². The van der Waals surface area contributed by atoms with Crippen LogP contribution >= 0.6 is 11.8 Å². The molecule has 0 aromatic heterocycles. The van der Waals surface area contributed by atoms with Gasteiger partial charge in [-0.25, -0.2) is 0 Å². The minimum absolute atomic E-state index is 0.0276. The van der Waals surface area contributed by atoms with Gasteiger partial charge in [0.05, 0.1) is 5.75 Å². The summed E-state index contributed by atoms with van der Waals surface area (Å²) in [4.78, 5) is 11.8. The zero-order valence-corrected chi connectivity index (χ0v) is 12.0. The number of nitrogens with two attached hydrogens (primary N) is 1. The molecule has 2 aromatic rings. The quantitative estimate of drug-likeness (QED) is 0.858. The SMILES string of the molecule is NCc1ccc(CSCC(=O)Nc2ccccc2)cc1. The second-order valence-corrected chi connectivity index (χ2v) is 5.41. The monoisotopic (exact) mass is 286 g/mol. The topological polar surface area (TPSA) is 55.1 Å². The van der Waals surface area contributed by atoms with Gasteiger partial charge in [0, 0.05) is 18.0 Å². The second-order valence-electron chi connectivity index (χ2n) is 4.43. The molecule has 0 spiro atoms. The molecule has 3 nitrogen and oxygen atoms in total. The van der Waals surface area contributed by atoms with Crippen LogP contribution in [0.15, 0.2) is 54.6 Å². The second kappa shape index (κ2) is 7.72. The number of nitrogens with one attached hydrogen (secondary N) is 1. The van der Waals surface area contributed by atoms with Gasteiger partial charge in [-0.15, -0.1) is 11.8 Å². The highest BCUT2D eigenvalue weighted by atomic mass is 32.2. The van der Waals surface area contributed by atoms with E-state index in [1.165, 1.54) is 5.56 Å². The Morgan fingerprint density at radius 3 is 2.30 bits per heavy atom. The number of hydrogen-bond donors (Lipinski definition) is 2. The Labute approximate surface area is 123 Å². The molecule has 0 atom stereocenters. The number of carbonyl (C=O) groups excluding carboxylic acids is 1. The van der Waals surface area contributed by atoms with E-state index in [4.69, 9.17) is 5.73 Å². The predicted octanol–water partition coefficient (Wildman–Crippen LogP) is 3.02. The maximum absolute atomic E-state index is 11.8. The third-order valence-corrected chi connectivity index (χ3v) is 3.82. The third-order valence-electron chi connectivity index (χ3n) is 2.82. The maximum atomic E-state index is 11.8. The molecule has 0 aliphatic heterocycles. The van der Waals surface area contributed by atoms with Crippen LogP contribution in [0.1, 0.15) is 11.1 Å². The van der Waals surface area contributed by atoms with Crippen LogP contribution in [0.25, 0.3) is 0 Å². The van der Waals surface area contributed by atoms with Gasteiger partial charge in [-0.3, -0.25) is 4.79 Å². The Bertz CT molecular complexity index is 540. The van der Waals surface area contributed by atoms with Gasteiger partial charge >= 0.3 is 0 Å². The fourth-order valence-corrected chi connectivity index (χ4v) is 2.54. The third kappa shape index (κ3) is 4.72. The van der Waals surface area contributed by atoms with Crippen molar-refractivity contribution >= 4 is 23.4 Å². The summed E-state index contributed by atoms with van der Waals surface area (Å²) < 4.78 is 0. The Kier molecular flexibility index (Phi) is 5.65. The molecule has 2 aromatic carbocycles. The molecule has 0 aliphatic carbocycles. The highest BCUT2D eigenvalue weighted by Crippen LogP contribution is 2.14. The van der Waals surface area contributed by atoms with Crippen molar-refractivity contribution in [1.29, 1.82) is 0 Å². The minimum atomic E-state index is 0.0276. The van der Waals surface area contributed by atoms with E-state index in [0.29, 0.717) is 12.3 Å². The molecule has 20 heavy (non-hydrogen) atoms. The van der Waals surface area contributed by atoms with Crippen LogP contribution in [0.3, 0.4) is 0 Å². The zero-order chi connectivity index (χ0) is 14.2. The average molecular weight is 286 g/mol. The Morgan fingerprint density at radius 2 is 1.65 bits per heavy atom. The van der Waals surface area contributed by atoms with Crippen LogP contribution in [0.2, 0.25) is 0 Å². The lowest BCUT2D eigenvalue weighted by Crippen LogP contribution is -2.13. The number of rotatable bonds is 6. The molecule has 104 valence electrons. The molecule has 2 rings (SSSR count). The van der Waals surface area contributed by atoms with E-state index in [-0.39, 0.29) is 5.91 Å². The molecule has 0 fully saturated rings. The van der Waals surface area contributed by atoms with Crippen molar-refractivity contribution in [2.24, 2.45) is 5.73 Å². The van der Waals surface area contributed by atoms with Gasteiger partial charge in [0.1, 0.15) is 0 Å². The number of para-hydroxylation sites is 1. The number of benzene rings is 2. The number of hydrogen-bond acceptors (Lipinski definition) is 3. The van der Waals surface area contributed by atoms with E-state index < -0.39 is 0 Å². The van der Waals surface area contributed by atoms with Crippen LogP contribution in [-0.2, 0) is 17.1 Å². The fraction of sp³-hybridized carbons (Fsp3) is 0.188. The van der Waals surface area contributed by atoms with Gasteiger partial charge in [-0.2, -0.15) is 0 Å². The van der Waals surface area contributed by atoms with Gasteiger partial charge in [0.25, 0.3) is 0 Å². The van der Waals surface area contributed by atoms with Crippen molar-refractivity contribution in [3.63, 3.8) is 0 Å². The van der Waals surface area contributed by atoms with E-state index in [2.05, 4.69) is 17.4 Å². The van der Waals surface area contributed by atoms with Crippen molar-refractivity contribution in [1.82, 2.24) is 0 Å². The van der Waals surface area contributed by atoms with E-state index in [1.807, 2.05) is 42.5 Å². The van der Waals surface area contributed by atoms with E-state index in [0.717, 1.165) is 17.0 Å². The molecule has 3 N–H and O–H groups in total. The number of thioether (sulfide) groups is 1. The molecule has 0 saturated heterocycles. The van der Waals surface area contributed by atoms with Gasteiger partial charge in [-0.05, 0) is 23.3 Å². The average Bonchev–Trinajstić information content (AvgIpc) is 2.49. The minimum Gasteiger partial charge on any atom is -0.326 e. The maximum Gasteiger partial charge on any atom is 0.234 e. The summed E-state index contributed by atoms with van der Waals surface area (Å²) in [5, 5.41) is 2.87. The summed E-state index contributed by atoms with van der Waals surface area (Å²) in [7, 11) is 0. The fourth-order valence-electron chi connectivity index (χ4n) is 1.75. The number of amides is 1. The van der Waals surface area contributed by atoms with Crippen molar-refractivity contribution in [3.8, 4) is 0 Å². The highest BCUT2D eigenvalue weighted by Gasteiger charge is 2.02. The Hall–Kier alpha value is -1.78. The van der Waals surface area contributed by atoms with E-state index >= 15 is 0 Å². The van der Waals surface area contributed by atoms with Crippen molar-refractivity contribution in [2.45, 2.75) is 12.3 Å². The zero-order valence-electron chi connectivity index (χ0n) is 11.2. The summed E-state index contributed by atoms with van der Waals surface area (Å²) in [5.74, 6) is 1.31. The molecule has 0 bridgehead atoms. The molecule has 0 aliphatic rings. The van der Waals surface area contributed by atoms with Gasteiger partial charge in [0.15, 0.2) is 0 Å². The van der Waals surface area contributed by atoms with Crippen molar-refractivity contribution in [2.75, 3.05) is 11.1 Å². The lowest BCUT2D eigenvalue weighted by atomic mass is 10.1. The molecular weight excluding hydrogens is 268 g/mol. The lowest BCUT2D eigenvalue weighted by molar-refractivity contribution is -0.113. The standard InChI is InChI=1S/C16H18N2OS/c17-10-13-6-8-14(9-7-13)11-20-12-16(19)18-15-4-2-1-3-5-15/h1-9H,10-12,17H2,(H,18,19). The largest absolute Gasteiger partial charge is 0.326 e. The summed E-state index contributed by atoms with van der Waals surface area (Å²) in [6, 6.07) is 17.7. The van der Waals surface area contributed by atoms with Crippen molar-refractivity contribution in [3.05, 3.63) is 65.7 Å². The van der Waals surface area contributed by atoms with Gasteiger partial charge < -0.3 is 11.1 Å². The molecule has 4 heteroatoms. The first kappa shape index (κ1) is 14.6. The Morgan fingerprint density at radius 1 is 1.00 bits per heavy atom. The lowest BCUT2D eigenvalue weighted by Gasteiger charge is -2.05. The first-order valence-corrected chi connectivity index (χ1v) is 7.64. The summed E-state index contributed by atoms with van der Waals surface area (Å²) in [5.41, 5.74) is 8.73. The van der Waals surface area contributed by atoms with Crippen LogP contribution in [0.5, 0.6) is 0 Å². The summed E-state index contributed by atoms with van der Waals surface area (Å²) >= 11 is 1.60. The van der Waals surface area contributed by atoms with Crippen LogP contribution in [0, 0.1) is 0 Å². The van der Waals surface area contributed by atoms with Gasteiger partial charge in [-0.1, -0.05) is 42.5 Å². The first-order chi connectivity index (χ1) is 9.78. The van der Waals surface area contributed by atoms with E-state index in [1.54, 1.807) is 11.8 Å². The molecule has 0 heterocycles. The molecular formula is C16H18N2OS. The summed E-state index contributed by atoms with van der Waals surface area (Å²) in [6.45, 7) is 0.562. The smallest absolute Gasteiger partial charge is 0.234 e. The molecule has 0 unspecified atom stereocenters. The normalized spacial score (nSPS) is 10.2. The Balaban J connectivity index is 1.73. The molecule has 1 amide bonds. The number of carbonyl (C=O) groups is 1. The van der Waals surface area contributed by atoms with E-state index in [9.17, 15) is 4.79 Å². The molecule has 0 radical (unpaired) electrons. The number of anilines is 1. The van der Waals surface area contributed by atoms with Crippen LogP contribution < -0.4 is 11.1 Å². The van der Waals surface area contributed by atoms with Crippen LogP contribution in [-0.4, -0.2) is 11.7 Å². The first-order valence-electron chi connectivity index (χ1n) is 6.48. The van der Waals surface area contributed by atoms with Gasteiger partial charge in [0.2, 0.25) is 5.91 Å². The predicted molar refractivity (Wildman–Crippen MR) is 85.6 cm³/mol. The summed E-state index contributed by atoms with van der Waals surface area (Å²) in [6.07, 6.45) is 0. The highest BCUT2D eigenvalue weighted by molar-refractivity contribution is 7.99. The van der Waals surface area contributed by atoms with Crippen LogP contribution in [0.4, 0.5) is 5.69 Å². The molecule has 0 saturated carbocycles.